The molecule has 1 aliphatic carbocycles. The first-order valence-corrected chi connectivity index (χ1v) is 11.2. The van der Waals surface area contributed by atoms with Gasteiger partial charge in [0.1, 0.15) is 5.82 Å². The van der Waals surface area contributed by atoms with Crippen molar-refractivity contribution in [3.05, 3.63) is 82.5 Å². The summed E-state index contributed by atoms with van der Waals surface area (Å²) in [7, 11) is 0. The van der Waals surface area contributed by atoms with E-state index in [0.29, 0.717) is 36.3 Å². The summed E-state index contributed by atoms with van der Waals surface area (Å²) in [5, 5.41) is 0.0418. The molecule has 1 spiro atoms. The summed E-state index contributed by atoms with van der Waals surface area (Å²) in [6.45, 7) is 0.866. The van der Waals surface area contributed by atoms with E-state index in [-0.39, 0.29) is 16.9 Å². The minimum absolute atomic E-state index is 0.0392. The van der Waals surface area contributed by atoms with E-state index in [4.69, 9.17) is 16.3 Å². The fourth-order valence-corrected chi connectivity index (χ4v) is 5.24. The Morgan fingerprint density at radius 3 is 2.70 bits per heavy atom. The molecule has 6 rings (SSSR count). The molecule has 0 bridgehead atoms. The van der Waals surface area contributed by atoms with Gasteiger partial charge in [-0.05, 0) is 48.7 Å². The van der Waals surface area contributed by atoms with Crippen molar-refractivity contribution in [2.45, 2.75) is 30.3 Å². The van der Waals surface area contributed by atoms with E-state index < -0.39 is 16.8 Å². The maximum Gasteiger partial charge on any atom is 0.341 e. The third kappa shape index (κ3) is 3.06. The number of esters is 1. The van der Waals surface area contributed by atoms with E-state index in [0.717, 1.165) is 24.0 Å². The molecule has 4 heterocycles. The highest BCUT2D eigenvalue weighted by atomic mass is 35.5. The Morgan fingerprint density at radius 2 is 1.97 bits per heavy atom. The Labute approximate surface area is 194 Å². The first kappa shape index (κ1) is 20.3. The molecule has 0 radical (unpaired) electrons. The molecule has 1 atom stereocenters. The lowest BCUT2D eigenvalue weighted by molar-refractivity contribution is -0.134. The SMILES string of the molecule is O=C1OC2(CCN(C(=O)C3(c4ccc(-c5ccc(F)c(Cl)c5)nc4)CC3)C2)c2ccncc21. The topological polar surface area (TPSA) is 72.4 Å². The third-order valence-electron chi connectivity index (χ3n) is 7.03. The van der Waals surface area contributed by atoms with Crippen molar-refractivity contribution in [1.29, 1.82) is 0 Å². The van der Waals surface area contributed by atoms with Crippen molar-refractivity contribution in [3.8, 4) is 11.3 Å². The number of ether oxygens (including phenoxy) is 1. The monoisotopic (exact) mass is 463 g/mol. The lowest BCUT2D eigenvalue weighted by Gasteiger charge is -2.26. The number of likely N-dealkylation sites (tertiary alicyclic amines) is 1. The summed E-state index contributed by atoms with van der Waals surface area (Å²) >= 11 is 5.90. The molecule has 3 aromatic rings. The average molecular weight is 464 g/mol. The number of amides is 1. The highest BCUT2D eigenvalue weighted by molar-refractivity contribution is 6.31. The summed E-state index contributed by atoms with van der Waals surface area (Å²) in [5.41, 5.74) is 2.14. The maximum atomic E-state index is 13.6. The molecule has 1 aromatic carbocycles. The second-order valence-corrected chi connectivity index (χ2v) is 9.33. The van der Waals surface area contributed by atoms with Crippen LogP contribution in [0.25, 0.3) is 11.3 Å². The van der Waals surface area contributed by atoms with Crippen molar-refractivity contribution in [3.63, 3.8) is 0 Å². The van der Waals surface area contributed by atoms with Crippen molar-refractivity contribution in [1.82, 2.24) is 14.9 Å². The van der Waals surface area contributed by atoms with Crippen molar-refractivity contribution in [2.24, 2.45) is 0 Å². The third-order valence-corrected chi connectivity index (χ3v) is 7.32. The van der Waals surface area contributed by atoms with E-state index in [1.807, 2.05) is 23.1 Å². The van der Waals surface area contributed by atoms with Crippen LogP contribution >= 0.6 is 11.6 Å². The second kappa shape index (κ2) is 7.09. The summed E-state index contributed by atoms with van der Waals surface area (Å²) < 4.78 is 19.2. The molecule has 6 nitrogen and oxygen atoms in total. The number of hydrogen-bond donors (Lipinski definition) is 0. The van der Waals surface area contributed by atoms with Gasteiger partial charge in [-0.2, -0.15) is 0 Å². The molecule has 33 heavy (non-hydrogen) atoms. The van der Waals surface area contributed by atoms with Crippen LogP contribution < -0.4 is 0 Å². The Hall–Kier alpha value is -3.32. The van der Waals surface area contributed by atoms with Crippen LogP contribution in [-0.4, -0.2) is 39.8 Å². The maximum absolute atomic E-state index is 13.6. The number of hydrogen-bond acceptors (Lipinski definition) is 5. The number of carbonyl (C=O) groups is 2. The zero-order valence-electron chi connectivity index (χ0n) is 17.6. The summed E-state index contributed by atoms with van der Waals surface area (Å²) in [6.07, 6.45) is 6.97. The molecule has 166 valence electrons. The van der Waals surface area contributed by atoms with Gasteiger partial charge in [-0.15, -0.1) is 0 Å². The Bertz CT molecular complexity index is 1310. The van der Waals surface area contributed by atoms with Crippen molar-refractivity contribution in [2.75, 3.05) is 13.1 Å². The molecule has 2 fully saturated rings. The standard InChI is InChI=1S/C25H19ClFN3O3/c26-19-11-15(1-3-20(19)27)21-4-2-16(12-29-21)24(6-7-24)23(32)30-10-8-25(14-30)18-5-9-28-13-17(18)22(31)33-25/h1-5,9,11-13H,6-8,10,14H2. The number of aromatic nitrogens is 2. The van der Waals surface area contributed by atoms with Crippen LogP contribution in [0.15, 0.2) is 55.0 Å². The molecule has 0 N–H and O–H groups in total. The fraction of sp³-hybridized carbons (Fsp3) is 0.280. The van der Waals surface area contributed by atoms with E-state index in [1.54, 1.807) is 18.5 Å². The molecule has 8 heteroatoms. The fourth-order valence-electron chi connectivity index (χ4n) is 5.06. The minimum atomic E-state index is -0.787. The quantitative estimate of drug-likeness (QED) is 0.542. The molecule has 3 aliphatic rings. The number of benzene rings is 1. The van der Waals surface area contributed by atoms with Gasteiger partial charge in [0.05, 0.1) is 28.2 Å². The molecule has 1 amide bonds. The highest BCUT2D eigenvalue weighted by Crippen LogP contribution is 2.52. The summed E-state index contributed by atoms with van der Waals surface area (Å²) in [6, 6.07) is 10.0. The number of pyridine rings is 2. The smallest absolute Gasteiger partial charge is 0.341 e. The van der Waals surface area contributed by atoms with Crippen LogP contribution in [0.1, 0.15) is 40.7 Å². The van der Waals surface area contributed by atoms with E-state index in [9.17, 15) is 14.0 Å². The Morgan fingerprint density at radius 1 is 1.12 bits per heavy atom. The van der Waals surface area contributed by atoms with E-state index in [2.05, 4.69) is 9.97 Å². The van der Waals surface area contributed by atoms with Gasteiger partial charge in [-0.3, -0.25) is 14.8 Å². The van der Waals surface area contributed by atoms with Crippen LogP contribution in [0.2, 0.25) is 5.02 Å². The van der Waals surface area contributed by atoms with Gasteiger partial charge in [-0.1, -0.05) is 17.7 Å². The number of rotatable bonds is 3. The second-order valence-electron chi connectivity index (χ2n) is 8.92. The zero-order valence-corrected chi connectivity index (χ0v) is 18.3. The molecule has 1 saturated heterocycles. The summed E-state index contributed by atoms with van der Waals surface area (Å²) in [5.74, 6) is -0.818. The van der Waals surface area contributed by atoms with Crippen LogP contribution in [0.4, 0.5) is 4.39 Å². The summed E-state index contributed by atoms with van der Waals surface area (Å²) in [4.78, 5) is 36.3. The average Bonchev–Trinajstić information content (AvgIpc) is 3.47. The Kier molecular flexibility index (Phi) is 4.36. The van der Waals surface area contributed by atoms with Crippen molar-refractivity contribution < 1.29 is 18.7 Å². The van der Waals surface area contributed by atoms with Crippen LogP contribution in [0.5, 0.6) is 0 Å². The molecule has 2 aliphatic heterocycles. The van der Waals surface area contributed by atoms with Crippen LogP contribution in [0, 0.1) is 5.82 Å². The van der Waals surface area contributed by atoms with Crippen molar-refractivity contribution >= 4 is 23.5 Å². The van der Waals surface area contributed by atoms with E-state index in [1.165, 1.54) is 18.3 Å². The highest BCUT2D eigenvalue weighted by Gasteiger charge is 2.58. The van der Waals surface area contributed by atoms with Gasteiger partial charge in [0.25, 0.3) is 0 Å². The van der Waals surface area contributed by atoms with Crippen LogP contribution in [0.3, 0.4) is 0 Å². The lowest BCUT2D eigenvalue weighted by Crippen LogP contribution is -2.40. The zero-order chi connectivity index (χ0) is 22.8. The van der Waals surface area contributed by atoms with E-state index >= 15 is 0 Å². The largest absolute Gasteiger partial charge is 0.449 e. The minimum Gasteiger partial charge on any atom is -0.449 e. The number of fused-ring (bicyclic) bond motifs is 2. The normalized spacial score (nSPS) is 22.4. The molecular weight excluding hydrogens is 445 g/mol. The molecule has 1 saturated carbocycles. The van der Waals surface area contributed by atoms with Gasteiger partial charge in [0.15, 0.2) is 5.60 Å². The molecular formula is C25H19ClFN3O3. The Balaban J connectivity index is 1.24. The lowest BCUT2D eigenvalue weighted by atomic mass is 9.92. The van der Waals surface area contributed by atoms with Gasteiger partial charge in [-0.25, -0.2) is 9.18 Å². The predicted molar refractivity (Wildman–Crippen MR) is 118 cm³/mol. The first-order chi connectivity index (χ1) is 15.9. The number of nitrogens with zero attached hydrogens (tertiary/aromatic N) is 3. The van der Waals surface area contributed by atoms with Gasteiger partial charge in [0.2, 0.25) is 5.91 Å². The first-order valence-electron chi connectivity index (χ1n) is 10.8. The van der Waals surface area contributed by atoms with Crippen LogP contribution in [-0.2, 0) is 20.5 Å². The molecule has 2 aromatic heterocycles. The predicted octanol–water partition coefficient (Wildman–Crippen LogP) is 4.27. The number of carbonyl (C=O) groups excluding carboxylic acids is 2. The number of halogens is 2. The molecule has 1 unspecified atom stereocenters. The van der Waals surface area contributed by atoms with Gasteiger partial charge in [0, 0.05) is 42.7 Å². The van der Waals surface area contributed by atoms with Gasteiger partial charge >= 0.3 is 5.97 Å². The van der Waals surface area contributed by atoms with Gasteiger partial charge < -0.3 is 9.64 Å².